The molecule has 4 heterocycles. The molecule has 132 valence electrons. The molecule has 7 nitrogen and oxygen atoms in total. The van der Waals surface area contributed by atoms with Crippen molar-refractivity contribution in [3.8, 4) is 0 Å². The van der Waals surface area contributed by atoms with Crippen LogP contribution in [0.3, 0.4) is 0 Å². The van der Waals surface area contributed by atoms with Gasteiger partial charge in [0.1, 0.15) is 6.04 Å². The first-order chi connectivity index (χ1) is 11.8. The molecule has 1 aromatic rings. The van der Waals surface area contributed by atoms with Crippen LogP contribution in [0.1, 0.15) is 36.4 Å². The van der Waals surface area contributed by atoms with Gasteiger partial charge in [-0.3, -0.25) is 19.7 Å². The van der Waals surface area contributed by atoms with Crippen molar-refractivity contribution in [2.75, 3.05) is 46.0 Å². The van der Waals surface area contributed by atoms with Gasteiger partial charge in [0.15, 0.2) is 0 Å². The Labute approximate surface area is 142 Å². The Kier molecular flexibility index (Phi) is 4.82. The van der Waals surface area contributed by atoms with Crippen LogP contribution in [-0.4, -0.2) is 78.0 Å². The highest BCUT2D eigenvalue weighted by molar-refractivity contribution is 5.77. The second-order valence-corrected chi connectivity index (χ2v) is 7.00. The fourth-order valence-electron chi connectivity index (χ4n) is 4.14. The Morgan fingerprint density at radius 2 is 2.08 bits per heavy atom. The van der Waals surface area contributed by atoms with Gasteiger partial charge < -0.3 is 9.47 Å². The summed E-state index contributed by atoms with van der Waals surface area (Å²) in [7, 11) is 0. The van der Waals surface area contributed by atoms with E-state index in [4.69, 9.17) is 9.47 Å². The van der Waals surface area contributed by atoms with Crippen LogP contribution in [0.25, 0.3) is 0 Å². The molecule has 2 unspecified atom stereocenters. The number of morpholine rings is 1. The summed E-state index contributed by atoms with van der Waals surface area (Å²) in [6.07, 6.45) is 5.06. The lowest BCUT2D eigenvalue weighted by molar-refractivity contribution is -0.142. The first-order valence-electron chi connectivity index (χ1n) is 9.04. The first kappa shape index (κ1) is 16.1. The number of ether oxygens (including phenoxy) is 2. The molecule has 0 aromatic carbocycles. The lowest BCUT2D eigenvalue weighted by Gasteiger charge is -2.35. The average molecular weight is 334 g/mol. The Balaban J connectivity index is 1.43. The van der Waals surface area contributed by atoms with Crippen LogP contribution < -0.4 is 0 Å². The largest absolute Gasteiger partial charge is 0.464 e. The van der Waals surface area contributed by atoms with Crippen LogP contribution in [-0.2, 0) is 20.8 Å². The van der Waals surface area contributed by atoms with E-state index in [1.807, 2.05) is 6.20 Å². The van der Waals surface area contributed by atoms with Crippen molar-refractivity contribution in [3.05, 3.63) is 17.5 Å². The molecule has 4 rings (SSSR count). The number of nitrogens with one attached hydrogen (secondary N) is 1. The maximum atomic E-state index is 11.9. The van der Waals surface area contributed by atoms with Crippen LogP contribution >= 0.6 is 0 Å². The number of aromatic amines is 1. The van der Waals surface area contributed by atoms with E-state index in [-0.39, 0.29) is 12.0 Å². The summed E-state index contributed by atoms with van der Waals surface area (Å²) >= 11 is 0. The second kappa shape index (κ2) is 7.21. The van der Waals surface area contributed by atoms with Crippen LogP contribution in [0.2, 0.25) is 0 Å². The predicted octanol–water partition coefficient (Wildman–Crippen LogP) is 0.737. The minimum atomic E-state index is -0.0474. The quantitative estimate of drug-likeness (QED) is 0.819. The molecular weight excluding hydrogens is 308 g/mol. The van der Waals surface area contributed by atoms with Gasteiger partial charge in [0.25, 0.3) is 0 Å². The van der Waals surface area contributed by atoms with Crippen molar-refractivity contribution in [2.45, 2.75) is 37.8 Å². The van der Waals surface area contributed by atoms with Crippen LogP contribution in [0.15, 0.2) is 6.20 Å². The van der Waals surface area contributed by atoms with Gasteiger partial charge in [0, 0.05) is 49.8 Å². The smallest absolute Gasteiger partial charge is 0.323 e. The van der Waals surface area contributed by atoms with Gasteiger partial charge in [-0.15, -0.1) is 0 Å². The molecule has 3 fully saturated rings. The molecular formula is C17H26N4O3. The number of nitrogens with zero attached hydrogens (tertiary/aromatic N) is 3. The number of H-pyrrole nitrogens is 1. The number of aromatic nitrogens is 2. The minimum absolute atomic E-state index is 0.0431. The van der Waals surface area contributed by atoms with Gasteiger partial charge in [-0.2, -0.15) is 5.10 Å². The third-order valence-corrected chi connectivity index (χ3v) is 5.46. The van der Waals surface area contributed by atoms with E-state index in [9.17, 15) is 4.79 Å². The molecule has 3 saturated heterocycles. The van der Waals surface area contributed by atoms with E-state index in [0.29, 0.717) is 12.5 Å². The minimum Gasteiger partial charge on any atom is -0.464 e. The van der Waals surface area contributed by atoms with Gasteiger partial charge in [0.05, 0.1) is 26.0 Å². The topological polar surface area (TPSA) is 70.7 Å². The molecule has 0 radical (unpaired) electrons. The summed E-state index contributed by atoms with van der Waals surface area (Å²) in [5.41, 5.74) is 2.54. The van der Waals surface area contributed by atoms with Gasteiger partial charge in [-0.1, -0.05) is 0 Å². The second-order valence-electron chi connectivity index (χ2n) is 7.00. The SMILES string of the molecule is O=C1OCCC1N1CCCC(c2[nH]ncc2CN2CCOCC2)C1. The van der Waals surface area contributed by atoms with Crippen LogP contribution in [0, 0.1) is 0 Å². The Hall–Kier alpha value is -1.44. The van der Waals surface area contributed by atoms with Crippen molar-refractivity contribution in [2.24, 2.45) is 0 Å². The molecule has 24 heavy (non-hydrogen) atoms. The highest BCUT2D eigenvalue weighted by Crippen LogP contribution is 2.31. The number of hydrogen-bond donors (Lipinski definition) is 1. The molecule has 0 amide bonds. The van der Waals surface area contributed by atoms with Gasteiger partial charge in [-0.25, -0.2) is 0 Å². The van der Waals surface area contributed by atoms with Gasteiger partial charge >= 0.3 is 5.97 Å². The molecule has 0 saturated carbocycles. The van der Waals surface area contributed by atoms with Crippen molar-refractivity contribution >= 4 is 5.97 Å². The fraction of sp³-hybridized carbons (Fsp3) is 0.765. The van der Waals surface area contributed by atoms with E-state index < -0.39 is 0 Å². The van der Waals surface area contributed by atoms with Crippen molar-refractivity contribution in [1.29, 1.82) is 0 Å². The molecule has 1 N–H and O–H groups in total. The highest BCUT2D eigenvalue weighted by atomic mass is 16.5. The monoisotopic (exact) mass is 334 g/mol. The van der Waals surface area contributed by atoms with E-state index in [1.165, 1.54) is 11.3 Å². The molecule has 0 spiro atoms. The summed E-state index contributed by atoms with van der Waals surface area (Å²) in [6, 6.07) is -0.0431. The predicted molar refractivity (Wildman–Crippen MR) is 87.6 cm³/mol. The van der Waals surface area contributed by atoms with E-state index >= 15 is 0 Å². The first-order valence-corrected chi connectivity index (χ1v) is 9.04. The fourth-order valence-corrected chi connectivity index (χ4v) is 4.14. The number of carbonyl (C=O) groups is 1. The Morgan fingerprint density at radius 1 is 1.21 bits per heavy atom. The van der Waals surface area contributed by atoms with Crippen molar-refractivity contribution in [3.63, 3.8) is 0 Å². The highest BCUT2D eigenvalue weighted by Gasteiger charge is 2.36. The van der Waals surface area contributed by atoms with E-state index in [2.05, 4.69) is 20.0 Å². The van der Waals surface area contributed by atoms with Crippen molar-refractivity contribution < 1.29 is 14.3 Å². The van der Waals surface area contributed by atoms with Crippen LogP contribution in [0.5, 0.6) is 0 Å². The van der Waals surface area contributed by atoms with Crippen molar-refractivity contribution in [1.82, 2.24) is 20.0 Å². The number of piperidine rings is 1. The summed E-state index contributed by atoms with van der Waals surface area (Å²) < 4.78 is 10.6. The molecule has 0 aliphatic carbocycles. The zero-order valence-electron chi connectivity index (χ0n) is 14.1. The van der Waals surface area contributed by atoms with Gasteiger partial charge in [-0.05, 0) is 19.4 Å². The average Bonchev–Trinajstić information content (AvgIpc) is 3.25. The lowest BCUT2D eigenvalue weighted by Crippen LogP contribution is -2.44. The Morgan fingerprint density at radius 3 is 2.88 bits per heavy atom. The summed E-state index contributed by atoms with van der Waals surface area (Å²) in [4.78, 5) is 16.6. The zero-order chi connectivity index (χ0) is 16.4. The van der Waals surface area contributed by atoms with E-state index in [0.717, 1.165) is 65.2 Å². The standard InChI is InChI=1S/C17H26N4O3/c22-17-15(3-7-24-17)21-4-1-2-13(12-21)16-14(10-18-19-16)11-20-5-8-23-9-6-20/h10,13,15H,1-9,11-12H2,(H,18,19). The number of likely N-dealkylation sites (tertiary alicyclic amines) is 1. The number of esters is 1. The third-order valence-electron chi connectivity index (χ3n) is 5.46. The molecule has 2 atom stereocenters. The number of hydrogen-bond acceptors (Lipinski definition) is 6. The lowest BCUT2D eigenvalue weighted by atomic mass is 9.91. The summed E-state index contributed by atoms with van der Waals surface area (Å²) in [5.74, 6) is 0.375. The van der Waals surface area contributed by atoms with Crippen LogP contribution in [0.4, 0.5) is 0 Å². The normalized spacial score (nSPS) is 29.8. The third kappa shape index (κ3) is 3.34. The molecule has 3 aliphatic heterocycles. The molecule has 1 aromatic heterocycles. The Bertz CT molecular complexity index is 570. The molecule has 7 heteroatoms. The maximum absolute atomic E-state index is 11.9. The summed E-state index contributed by atoms with van der Waals surface area (Å²) in [5, 5.41) is 7.54. The maximum Gasteiger partial charge on any atom is 0.323 e. The zero-order valence-corrected chi connectivity index (χ0v) is 14.1. The molecule has 3 aliphatic rings. The van der Waals surface area contributed by atoms with E-state index in [1.54, 1.807) is 0 Å². The number of rotatable bonds is 4. The molecule has 0 bridgehead atoms. The van der Waals surface area contributed by atoms with Gasteiger partial charge in [0.2, 0.25) is 0 Å². The number of carbonyl (C=O) groups excluding carboxylic acids is 1. The summed E-state index contributed by atoms with van der Waals surface area (Å²) in [6.45, 7) is 6.99. The number of cyclic esters (lactones) is 1.